The van der Waals surface area contributed by atoms with Gasteiger partial charge in [-0.1, -0.05) is 84.9 Å². The molecule has 1 heterocycles. The maximum absolute atomic E-state index is 2.66. The predicted octanol–water partition coefficient (Wildman–Crippen LogP) is 5.59. The van der Waals surface area contributed by atoms with E-state index in [4.69, 9.17) is 0 Å². The van der Waals surface area contributed by atoms with E-state index in [1.807, 2.05) is 0 Å². The zero-order valence-electron chi connectivity index (χ0n) is 18.4. The maximum Gasteiger partial charge on any atom is 0.0602 e. The molecular formula is C28H34N2. The first-order valence-electron chi connectivity index (χ1n) is 11.4. The van der Waals surface area contributed by atoms with Gasteiger partial charge < -0.3 is 0 Å². The number of piperazine rings is 1. The molecule has 3 aromatic carbocycles. The normalized spacial score (nSPS) is 16.6. The van der Waals surface area contributed by atoms with Gasteiger partial charge in [0.25, 0.3) is 0 Å². The Hall–Kier alpha value is -2.42. The Morgan fingerprint density at radius 3 is 1.60 bits per heavy atom. The third-order valence-electron chi connectivity index (χ3n) is 6.40. The molecule has 1 atom stereocenters. The molecule has 0 aromatic heterocycles. The second kappa shape index (κ2) is 10.1. The van der Waals surface area contributed by atoms with Crippen molar-refractivity contribution in [2.75, 3.05) is 26.2 Å². The minimum Gasteiger partial charge on any atom is -0.298 e. The molecule has 0 amide bonds. The zero-order valence-corrected chi connectivity index (χ0v) is 18.4. The van der Waals surface area contributed by atoms with E-state index in [2.05, 4.69) is 109 Å². The Morgan fingerprint density at radius 2 is 1.03 bits per heavy atom. The third-order valence-corrected chi connectivity index (χ3v) is 6.40. The topological polar surface area (TPSA) is 6.48 Å². The highest BCUT2D eigenvalue weighted by Gasteiger charge is 2.27. The first kappa shape index (κ1) is 20.8. The Kier molecular flexibility index (Phi) is 6.99. The lowest BCUT2D eigenvalue weighted by molar-refractivity contribution is 0.0892. The van der Waals surface area contributed by atoms with Crippen molar-refractivity contribution in [1.29, 1.82) is 0 Å². The van der Waals surface area contributed by atoms with Crippen LogP contribution in [0.5, 0.6) is 0 Å². The summed E-state index contributed by atoms with van der Waals surface area (Å²) in [7, 11) is 0. The monoisotopic (exact) mass is 398 g/mol. The number of aryl methyl sites for hydroxylation is 2. The fraction of sp³-hybridized carbons (Fsp3) is 0.357. The summed E-state index contributed by atoms with van der Waals surface area (Å²) in [6, 6.07) is 32.1. The van der Waals surface area contributed by atoms with E-state index in [1.54, 1.807) is 0 Å². The number of rotatable bonds is 7. The van der Waals surface area contributed by atoms with Crippen molar-refractivity contribution in [3.63, 3.8) is 0 Å². The smallest absolute Gasteiger partial charge is 0.0602 e. The van der Waals surface area contributed by atoms with Crippen LogP contribution in [0.25, 0.3) is 0 Å². The van der Waals surface area contributed by atoms with Gasteiger partial charge in [-0.25, -0.2) is 0 Å². The summed E-state index contributed by atoms with van der Waals surface area (Å²) in [6.07, 6.45) is 2.19. The van der Waals surface area contributed by atoms with Crippen LogP contribution in [-0.2, 0) is 12.8 Å². The second-order valence-electron chi connectivity index (χ2n) is 8.71. The number of nitrogens with zero attached hydrogens (tertiary/aromatic N) is 2. The van der Waals surface area contributed by atoms with Gasteiger partial charge in [-0.15, -0.1) is 0 Å². The van der Waals surface area contributed by atoms with Crippen molar-refractivity contribution < 1.29 is 0 Å². The van der Waals surface area contributed by atoms with Crippen LogP contribution in [0.1, 0.15) is 42.1 Å². The molecule has 1 aliphatic rings. The summed E-state index contributed by atoms with van der Waals surface area (Å²) in [5.74, 6) is 0. The van der Waals surface area contributed by atoms with Gasteiger partial charge in [0.15, 0.2) is 0 Å². The van der Waals surface area contributed by atoms with Gasteiger partial charge in [0.2, 0.25) is 0 Å². The fourth-order valence-corrected chi connectivity index (χ4v) is 4.56. The lowest BCUT2D eigenvalue weighted by Gasteiger charge is -2.41. The average Bonchev–Trinajstić information content (AvgIpc) is 2.80. The highest BCUT2D eigenvalue weighted by atomic mass is 15.3. The highest BCUT2D eigenvalue weighted by Crippen LogP contribution is 2.30. The van der Waals surface area contributed by atoms with Crippen LogP contribution in [0.4, 0.5) is 0 Å². The van der Waals surface area contributed by atoms with E-state index in [-0.39, 0.29) is 0 Å². The van der Waals surface area contributed by atoms with Crippen LogP contribution in [0.3, 0.4) is 0 Å². The number of benzene rings is 3. The van der Waals surface area contributed by atoms with Gasteiger partial charge in [-0.3, -0.25) is 9.80 Å². The van der Waals surface area contributed by atoms with Gasteiger partial charge in [0, 0.05) is 32.2 Å². The minimum absolute atomic E-state index is 0.337. The Balaban J connectivity index is 1.49. The molecule has 0 radical (unpaired) electrons. The van der Waals surface area contributed by atoms with Crippen LogP contribution < -0.4 is 0 Å². The van der Waals surface area contributed by atoms with E-state index >= 15 is 0 Å². The molecule has 1 aliphatic heterocycles. The van der Waals surface area contributed by atoms with E-state index in [0.29, 0.717) is 12.1 Å². The predicted molar refractivity (Wildman–Crippen MR) is 127 cm³/mol. The summed E-state index contributed by atoms with van der Waals surface area (Å²) < 4.78 is 0. The van der Waals surface area contributed by atoms with Crippen LogP contribution >= 0.6 is 0 Å². The number of hydrogen-bond acceptors (Lipinski definition) is 2. The van der Waals surface area contributed by atoms with Crippen molar-refractivity contribution in [3.8, 4) is 0 Å². The maximum atomic E-state index is 2.66. The molecule has 1 saturated heterocycles. The summed E-state index contributed by atoms with van der Waals surface area (Å²) in [5, 5.41) is 0. The van der Waals surface area contributed by atoms with Gasteiger partial charge >= 0.3 is 0 Å². The van der Waals surface area contributed by atoms with Crippen LogP contribution in [-0.4, -0.2) is 42.0 Å². The molecule has 30 heavy (non-hydrogen) atoms. The van der Waals surface area contributed by atoms with Crippen molar-refractivity contribution in [1.82, 2.24) is 9.80 Å². The highest BCUT2D eigenvalue weighted by molar-refractivity contribution is 5.34. The summed E-state index contributed by atoms with van der Waals surface area (Å²) in [4.78, 5) is 5.25. The average molecular weight is 399 g/mol. The number of hydrogen-bond donors (Lipinski definition) is 0. The molecule has 1 unspecified atom stereocenters. The SMILES string of the molecule is CC(C)N1CCN(C(c2ccccc2)c2ccc(CCc3ccccc3)cc2)CC1. The molecule has 3 aromatic rings. The lowest BCUT2D eigenvalue weighted by atomic mass is 9.94. The molecule has 0 spiro atoms. The summed E-state index contributed by atoms with van der Waals surface area (Å²) >= 11 is 0. The molecule has 1 fully saturated rings. The van der Waals surface area contributed by atoms with Crippen LogP contribution in [0, 0.1) is 0 Å². The van der Waals surface area contributed by atoms with Gasteiger partial charge in [-0.2, -0.15) is 0 Å². The molecule has 4 rings (SSSR count). The van der Waals surface area contributed by atoms with E-state index in [1.165, 1.54) is 22.3 Å². The summed E-state index contributed by atoms with van der Waals surface area (Å²) in [6.45, 7) is 9.14. The Morgan fingerprint density at radius 1 is 0.567 bits per heavy atom. The van der Waals surface area contributed by atoms with Crippen molar-refractivity contribution >= 4 is 0 Å². The first-order chi connectivity index (χ1) is 14.7. The van der Waals surface area contributed by atoms with Crippen molar-refractivity contribution in [2.45, 2.75) is 38.8 Å². The second-order valence-corrected chi connectivity index (χ2v) is 8.71. The quantitative estimate of drug-likeness (QED) is 0.512. The molecule has 0 aliphatic carbocycles. The molecule has 0 N–H and O–H groups in total. The van der Waals surface area contributed by atoms with Gasteiger partial charge in [-0.05, 0) is 48.9 Å². The van der Waals surface area contributed by atoms with E-state index < -0.39 is 0 Å². The molecular weight excluding hydrogens is 364 g/mol. The summed E-state index contributed by atoms with van der Waals surface area (Å²) in [5.41, 5.74) is 5.63. The molecule has 156 valence electrons. The van der Waals surface area contributed by atoms with E-state index in [0.717, 1.165) is 39.0 Å². The largest absolute Gasteiger partial charge is 0.298 e. The Bertz CT molecular complexity index is 879. The van der Waals surface area contributed by atoms with Gasteiger partial charge in [0.1, 0.15) is 0 Å². The lowest BCUT2D eigenvalue weighted by Crippen LogP contribution is -2.49. The first-order valence-corrected chi connectivity index (χ1v) is 11.4. The third kappa shape index (κ3) is 5.19. The molecule has 0 bridgehead atoms. The minimum atomic E-state index is 0.337. The van der Waals surface area contributed by atoms with Crippen molar-refractivity contribution in [2.24, 2.45) is 0 Å². The molecule has 2 nitrogen and oxygen atoms in total. The van der Waals surface area contributed by atoms with Crippen LogP contribution in [0.2, 0.25) is 0 Å². The standard InChI is InChI=1S/C28H34N2/c1-23(2)29-19-21-30(22-20-29)28(26-11-7-4-8-12-26)27-17-15-25(16-18-27)14-13-24-9-5-3-6-10-24/h3-12,15-18,23,28H,13-14,19-22H2,1-2H3. The van der Waals surface area contributed by atoms with Crippen LogP contribution in [0.15, 0.2) is 84.9 Å². The zero-order chi connectivity index (χ0) is 20.8. The van der Waals surface area contributed by atoms with E-state index in [9.17, 15) is 0 Å². The Labute approximate surface area is 182 Å². The van der Waals surface area contributed by atoms with Gasteiger partial charge in [0.05, 0.1) is 6.04 Å². The molecule has 0 saturated carbocycles. The fourth-order valence-electron chi connectivity index (χ4n) is 4.56. The van der Waals surface area contributed by atoms with Crippen molar-refractivity contribution in [3.05, 3.63) is 107 Å². The molecule has 2 heteroatoms.